The fourth-order valence-electron chi connectivity index (χ4n) is 5.30. The first kappa shape index (κ1) is 18.6. The summed E-state index contributed by atoms with van der Waals surface area (Å²) in [5.41, 5.74) is 8.17. The van der Waals surface area contributed by atoms with E-state index in [2.05, 4.69) is 84.6 Å². The van der Waals surface area contributed by atoms with Crippen LogP contribution in [0.15, 0.2) is 72.8 Å². The third-order valence-electron chi connectivity index (χ3n) is 6.65. The van der Waals surface area contributed by atoms with Crippen LogP contribution in [-0.2, 0) is 36.3 Å². The summed E-state index contributed by atoms with van der Waals surface area (Å²) < 4.78 is 6.71. The van der Waals surface area contributed by atoms with Crippen molar-refractivity contribution in [3.05, 3.63) is 106 Å². The van der Waals surface area contributed by atoms with Crippen LogP contribution in [0.3, 0.4) is 0 Å². The molecule has 0 aromatic heterocycles. The van der Waals surface area contributed by atoms with Crippen LogP contribution in [-0.4, -0.2) is 18.1 Å². The van der Waals surface area contributed by atoms with E-state index >= 15 is 0 Å². The first-order valence-corrected chi connectivity index (χ1v) is 10.9. The summed E-state index contributed by atoms with van der Waals surface area (Å²) in [6.07, 6.45) is 3.14. The second kappa shape index (κ2) is 7.78. The lowest BCUT2D eigenvalue weighted by Gasteiger charge is -2.37. The Labute approximate surface area is 174 Å². The molecule has 0 N–H and O–H groups in total. The van der Waals surface area contributed by atoms with E-state index in [1.54, 1.807) is 0 Å². The standard InChI is InChI=1S/C27H29NO/c1-2-29-27(17-18-28-19-23-11-3-4-12-24(23)20-28)25-13-7-5-9-21(25)15-16-22-10-6-8-14-26(22)27/h3-14H,2,15-20H2,1H3. The monoisotopic (exact) mass is 383 g/mol. The summed E-state index contributed by atoms with van der Waals surface area (Å²) in [5.74, 6) is 0. The van der Waals surface area contributed by atoms with Crippen LogP contribution >= 0.6 is 0 Å². The number of rotatable bonds is 5. The number of ether oxygens (including phenoxy) is 1. The van der Waals surface area contributed by atoms with Gasteiger partial charge in [0.1, 0.15) is 5.60 Å². The van der Waals surface area contributed by atoms with Gasteiger partial charge < -0.3 is 4.74 Å². The second-order valence-corrected chi connectivity index (χ2v) is 8.30. The molecule has 2 aliphatic rings. The summed E-state index contributed by atoms with van der Waals surface area (Å²) in [4.78, 5) is 2.57. The third-order valence-corrected chi connectivity index (χ3v) is 6.65. The van der Waals surface area contributed by atoms with Crippen molar-refractivity contribution in [3.63, 3.8) is 0 Å². The normalized spacial score (nSPS) is 17.3. The van der Waals surface area contributed by atoms with Crippen LogP contribution in [0.25, 0.3) is 0 Å². The van der Waals surface area contributed by atoms with Crippen LogP contribution in [0.2, 0.25) is 0 Å². The second-order valence-electron chi connectivity index (χ2n) is 8.30. The van der Waals surface area contributed by atoms with E-state index in [0.717, 1.165) is 38.9 Å². The number of hydrogen-bond acceptors (Lipinski definition) is 2. The fraction of sp³-hybridized carbons (Fsp3) is 0.333. The fourth-order valence-corrected chi connectivity index (χ4v) is 5.30. The minimum atomic E-state index is -0.368. The van der Waals surface area contributed by atoms with E-state index in [1.807, 2.05) is 0 Å². The molecule has 0 fully saturated rings. The largest absolute Gasteiger partial charge is 0.366 e. The van der Waals surface area contributed by atoms with Crippen molar-refractivity contribution < 1.29 is 4.74 Å². The first-order chi connectivity index (χ1) is 14.3. The summed E-state index contributed by atoms with van der Waals surface area (Å²) in [6, 6.07) is 26.7. The van der Waals surface area contributed by atoms with E-state index < -0.39 is 0 Å². The van der Waals surface area contributed by atoms with Gasteiger partial charge in [-0.1, -0.05) is 72.8 Å². The molecule has 5 rings (SSSR count). The quantitative estimate of drug-likeness (QED) is 0.579. The third kappa shape index (κ3) is 3.31. The lowest BCUT2D eigenvalue weighted by atomic mass is 9.80. The van der Waals surface area contributed by atoms with E-state index in [9.17, 15) is 0 Å². The molecule has 148 valence electrons. The van der Waals surface area contributed by atoms with Gasteiger partial charge in [-0.25, -0.2) is 0 Å². The average molecular weight is 384 g/mol. The van der Waals surface area contributed by atoms with Gasteiger partial charge in [0, 0.05) is 26.2 Å². The lowest BCUT2D eigenvalue weighted by molar-refractivity contribution is -0.0245. The molecule has 0 spiro atoms. The maximum Gasteiger partial charge on any atom is 0.120 e. The number of benzene rings is 3. The van der Waals surface area contributed by atoms with Gasteiger partial charge in [-0.3, -0.25) is 4.90 Å². The molecule has 1 heterocycles. The molecular formula is C27H29NO. The van der Waals surface area contributed by atoms with Crippen molar-refractivity contribution >= 4 is 0 Å². The molecule has 29 heavy (non-hydrogen) atoms. The molecule has 0 unspecified atom stereocenters. The average Bonchev–Trinajstić information content (AvgIpc) is 3.13. The van der Waals surface area contributed by atoms with E-state index in [-0.39, 0.29) is 5.60 Å². The van der Waals surface area contributed by atoms with E-state index in [4.69, 9.17) is 4.74 Å². The van der Waals surface area contributed by atoms with Crippen molar-refractivity contribution in [2.75, 3.05) is 13.2 Å². The van der Waals surface area contributed by atoms with Crippen LogP contribution in [0.4, 0.5) is 0 Å². The maximum absolute atomic E-state index is 6.71. The summed E-state index contributed by atoms with van der Waals surface area (Å²) in [7, 11) is 0. The summed E-state index contributed by atoms with van der Waals surface area (Å²) in [6.45, 7) is 5.95. The first-order valence-electron chi connectivity index (χ1n) is 10.9. The van der Waals surface area contributed by atoms with Crippen molar-refractivity contribution in [2.24, 2.45) is 0 Å². The van der Waals surface area contributed by atoms with Gasteiger partial charge in [0.15, 0.2) is 0 Å². The molecule has 0 saturated heterocycles. The molecule has 2 nitrogen and oxygen atoms in total. The zero-order valence-corrected chi connectivity index (χ0v) is 17.2. The zero-order valence-electron chi connectivity index (χ0n) is 17.2. The molecule has 0 bridgehead atoms. The highest BCUT2D eigenvalue weighted by molar-refractivity contribution is 5.48. The Morgan fingerprint density at radius 3 is 1.72 bits per heavy atom. The molecule has 0 saturated carbocycles. The van der Waals surface area contributed by atoms with Crippen molar-refractivity contribution in [3.8, 4) is 0 Å². The zero-order chi connectivity index (χ0) is 19.7. The van der Waals surface area contributed by atoms with Crippen LogP contribution in [0, 0.1) is 0 Å². The number of hydrogen-bond donors (Lipinski definition) is 0. The number of aryl methyl sites for hydroxylation is 2. The van der Waals surface area contributed by atoms with Crippen LogP contribution in [0.1, 0.15) is 46.7 Å². The smallest absolute Gasteiger partial charge is 0.120 e. The van der Waals surface area contributed by atoms with Crippen molar-refractivity contribution in [1.29, 1.82) is 0 Å². The topological polar surface area (TPSA) is 12.5 Å². The van der Waals surface area contributed by atoms with E-state index in [0.29, 0.717) is 6.61 Å². The van der Waals surface area contributed by atoms with Gasteiger partial charge in [-0.2, -0.15) is 0 Å². The Morgan fingerprint density at radius 1 is 0.724 bits per heavy atom. The molecule has 0 radical (unpaired) electrons. The highest BCUT2D eigenvalue weighted by Gasteiger charge is 2.40. The Kier molecular flexibility index (Phi) is 4.99. The molecular weight excluding hydrogens is 354 g/mol. The summed E-state index contributed by atoms with van der Waals surface area (Å²) in [5, 5.41) is 0. The van der Waals surface area contributed by atoms with Gasteiger partial charge in [0.2, 0.25) is 0 Å². The number of nitrogens with zero attached hydrogens (tertiary/aromatic N) is 1. The van der Waals surface area contributed by atoms with Gasteiger partial charge >= 0.3 is 0 Å². The van der Waals surface area contributed by atoms with Gasteiger partial charge in [0.05, 0.1) is 0 Å². The lowest BCUT2D eigenvalue weighted by Crippen LogP contribution is -2.36. The Bertz CT molecular complexity index is 936. The molecule has 2 heteroatoms. The molecule has 0 atom stereocenters. The highest BCUT2D eigenvalue weighted by Crippen LogP contribution is 2.43. The van der Waals surface area contributed by atoms with Crippen molar-refractivity contribution in [1.82, 2.24) is 4.90 Å². The summed E-state index contributed by atoms with van der Waals surface area (Å²) >= 11 is 0. The maximum atomic E-state index is 6.71. The SMILES string of the molecule is CCOC1(CCN2Cc3ccccc3C2)c2ccccc2CCc2ccccc21. The van der Waals surface area contributed by atoms with Crippen LogP contribution in [0.5, 0.6) is 0 Å². The number of fused-ring (bicyclic) bond motifs is 3. The Morgan fingerprint density at radius 2 is 1.21 bits per heavy atom. The van der Waals surface area contributed by atoms with Gasteiger partial charge in [-0.15, -0.1) is 0 Å². The van der Waals surface area contributed by atoms with Gasteiger partial charge in [-0.05, 0) is 59.6 Å². The van der Waals surface area contributed by atoms with Crippen LogP contribution < -0.4 is 0 Å². The minimum Gasteiger partial charge on any atom is -0.366 e. The Balaban J connectivity index is 1.53. The molecule has 3 aromatic carbocycles. The highest BCUT2D eigenvalue weighted by atomic mass is 16.5. The molecule has 1 aliphatic carbocycles. The van der Waals surface area contributed by atoms with Gasteiger partial charge in [0.25, 0.3) is 0 Å². The van der Waals surface area contributed by atoms with E-state index in [1.165, 1.54) is 33.4 Å². The van der Waals surface area contributed by atoms with Crippen molar-refractivity contribution in [2.45, 2.75) is 44.9 Å². The molecule has 1 aliphatic heterocycles. The minimum absolute atomic E-state index is 0.368. The predicted molar refractivity (Wildman–Crippen MR) is 118 cm³/mol. The predicted octanol–water partition coefficient (Wildman–Crippen LogP) is 5.47. The Hall–Kier alpha value is -2.42. The molecule has 3 aromatic rings. The molecule has 0 amide bonds.